The molecule has 1 amide bonds. The maximum absolute atomic E-state index is 10.8. The summed E-state index contributed by atoms with van der Waals surface area (Å²) in [6, 6.07) is 0.360. The highest BCUT2D eigenvalue weighted by Crippen LogP contribution is 2.22. The van der Waals surface area contributed by atoms with Gasteiger partial charge in [0.15, 0.2) is 0 Å². The van der Waals surface area contributed by atoms with Crippen LogP contribution in [0.15, 0.2) is 0 Å². The van der Waals surface area contributed by atoms with E-state index >= 15 is 0 Å². The Morgan fingerprint density at radius 3 is 2.78 bits per heavy atom. The summed E-state index contributed by atoms with van der Waals surface area (Å²) >= 11 is 7.60. The fourth-order valence-corrected chi connectivity index (χ4v) is 3.20. The Bertz CT molecular complexity index is 430. The molecule has 1 saturated heterocycles. The lowest BCUT2D eigenvalue weighted by Crippen LogP contribution is -2.44. The van der Waals surface area contributed by atoms with Gasteiger partial charge in [-0.15, -0.1) is 11.3 Å². The van der Waals surface area contributed by atoms with E-state index in [1.807, 2.05) is 6.92 Å². The lowest BCUT2D eigenvalue weighted by molar-refractivity contribution is 0.129. The normalized spacial score (nSPS) is 17.1. The summed E-state index contributed by atoms with van der Waals surface area (Å²) in [5.74, 6) is 0. The first-order valence-electron chi connectivity index (χ1n) is 5.89. The molecule has 100 valence electrons. The Labute approximate surface area is 115 Å². The number of thiazole rings is 1. The maximum Gasteiger partial charge on any atom is 0.407 e. The zero-order valence-electron chi connectivity index (χ0n) is 10.1. The van der Waals surface area contributed by atoms with Gasteiger partial charge in [-0.25, -0.2) is 9.78 Å². The fourth-order valence-electron chi connectivity index (χ4n) is 2.06. The molecular weight excluding hydrogens is 274 g/mol. The van der Waals surface area contributed by atoms with Crippen LogP contribution in [-0.2, 0) is 6.54 Å². The molecule has 0 unspecified atom stereocenters. The van der Waals surface area contributed by atoms with Gasteiger partial charge in [-0.1, -0.05) is 11.6 Å². The first-order chi connectivity index (χ1) is 8.56. The van der Waals surface area contributed by atoms with E-state index in [-0.39, 0.29) is 0 Å². The van der Waals surface area contributed by atoms with Crippen LogP contribution in [0, 0.1) is 6.92 Å². The molecule has 2 heterocycles. The standard InChI is InChI=1S/C11H16ClN3O2S/c1-7-14-10(12)9(18-7)6-13-8-2-4-15(5-3-8)11(16)17/h8,13H,2-6H2,1H3,(H,16,17). The van der Waals surface area contributed by atoms with Crippen molar-refractivity contribution in [2.45, 2.75) is 32.4 Å². The third-order valence-corrected chi connectivity index (χ3v) is 4.47. The molecule has 0 aromatic carbocycles. The molecule has 7 heteroatoms. The molecule has 0 saturated carbocycles. The molecule has 1 aromatic rings. The Balaban J connectivity index is 1.79. The average molecular weight is 290 g/mol. The highest BCUT2D eigenvalue weighted by atomic mass is 35.5. The van der Waals surface area contributed by atoms with Crippen molar-refractivity contribution in [3.8, 4) is 0 Å². The van der Waals surface area contributed by atoms with Crippen molar-refractivity contribution in [3.63, 3.8) is 0 Å². The second-order valence-corrected chi connectivity index (χ2v) is 6.02. The molecule has 1 aromatic heterocycles. The topological polar surface area (TPSA) is 65.5 Å². The van der Waals surface area contributed by atoms with Crippen LogP contribution in [0.25, 0.3) is 0 Å². The Hall–Kier alpha value is -0.850. The summed E-state index contributed by atoms with van der Waals surface area (Å²) < 4.78 is 0. The quantitative estimate of drug-likeness (QED) is 0.896. The number of aryl methyl sites for hydroxylation is 1. The Kier molecular flexibility index (Phi) is 4.42. The fraction of sp³-hybridized carbons (Fsp3) is 0.636. The Morgan fingerprint density at radius 1 is 1.61 bits per heavy atom. The van der Waals surface area contributed by atoms with E-state index in [2.05, 4.69) is 10.3 Å². The number of hydrogen-bond donors (Lipinski definition) is 2. The van der Waals surface area contributed by atoms with E-state index in [1.54, 1.807) is 11.3 Å². The zero-order chi connectivity index (χ0) is 13.1. The lowest BCUT2D eigenvalue weighted by Gasteiger charge is -2.30. The van der Waals surface area contributed by atoms with Crippen molar-refractivity contribution in [1.29, 1.82) is 0 Å². The van der Waals surface area contributed by atoms with E-state index in [1.165, 1.54) is 4.90 Å². The summed E-state index contributed by atoms with van der Waals surface area (Å²) in [5, 5.41) is 13.8. The molecule has 1 aliphatic rings. The molecular formula is C11H16ClN3O2S. The van der Waals surface area contributed by atoms with E-state index in [0.29, 0.717) is 30.8 Å². The van der Waals surface area contributed by atoms with Gasteiger partial charge in [0.25, 0.3) is 0 Å². The highest BCUT2D eigenvalue weighted by molar-refractivity contribution is 7.12. The van der Waals surface area contributed by atoms with Crippen molar-refractivity contribution in [1.82, 2.24) is 15.2 Å². The summed E-state index contributed by atoms with van der Waals surface area (Å²) in [5.41, 5.74) is 0. The number of nitrogens with zero attached hydrogens (tertiary/aromatic N) is 2. The highest BCUT2D eigenvalue weighted by Gasteiger charge is 2.22. The van der Waals surface area contributed by atoms with E-state index in [9.17, 15) is 4.79 Å². The predicted octanol–water partition coefficient (Wildman–Crippen LogP) is 2.34. The number of hydrogen-bond acceptors (Lipinski definition) is 4. The van der Waals surface area contributed by atoms with Gasteiger partial charge in [0.2, 0.25) is 0 Å². The molecule has 0 atom stereocenters. The van der Waals surface area contributed by atoms with Crippen LogP contribution < -0.4 is 5.32 Å². The second-order valence-electron chi connectivity index (χ2n) is 4.37. The average Bonchev–Trinajstić information content (AvgIpc) is 2.66. The van der Waals surface area contributed by atoms with Gasteiger partial charge in [-0.3, -0.25) is 0 Å². The summed E-state index contributed by atoms with van der Waals surface area (Å²) in [4.78, 5) is 17.4. The number of carbonyl (C=O) groups is 1. The minimum Gasteiger partial charge on any atom is -0.465 e. The summed E-state index contributed by atoms with van der Waals surface area (Å²) in [6.07, 6.45) is 0.873. The van der Waals surface area contributed by atoms with E-state index in [0.717, 1.165) is 22.7 Å². The minimum absolute atomic E-state index is 0.360. The van der Waals surface area contributed by atoms with Crippen molar-refractivity contribution < 1.29 is 9.90 Å². The monoisotopic (exact) mass is 289 g/mol. The van der Waals surface area contributed by atoms with Crippen LogP contribution in [0.5, 0.6) is 0 Å². The summed E-state index contributed by atoms with van der Waals surface area (Å²) in [6.45, 7) is 3.85. The van der Waals surface area contributed by atoms with Gasteiger partial charge < -0.3 is 15.3 Å². The van der Waals surface area contributed by atoms with Crippen molar-refractivity contribution in [2.75, 3.05) is 13.1 Å². The van der Waals surface area contributed by atoms with Crippen LogP contribution in [0.3, 0.4) is 0 Å². The Morgan fingerprint density at radius 2 is 2.28 bits per heavy atom. The van der Waals surface area contributed by atoms with Crippen LogP contribution in [0.2, 0.25) is 5.15 Å². The lowest BCUT2D eigenvalue weighted by atomic mass is 10.1. The van der Waals surface area contributed by atoms with E-state index in [4.69, 9.17) is 16.7 Å². The number of amides is 1. The van der Waals surface area contributed by atoms with Crippen LogP contribution in [0.4, 0.5) is 4.79 Å². The van der Waals surface area contributed by atoms with Crippen molar-refractivity contribution in [3.05, 3.63) is 15.0 Å². The van der Waals surface area contributed by atoms with E-state index < -0.39 is 6.09 Å². The van der Waals surface area contributed by atoms with Gasteiger partial charge in [-0.05, 0) is 19.8 Å². The van der Waals surface area contributed by atoms with Gasteiger partial charge in [0.05, 0.1) is 9.88 Å². The molecule has 18 heavy (non-hydrogen) atoms. The number of carboxylic acid groups (broad SMARTS) is 1. The zero-order valence-corrected chi connectivity index (χ0v) is 11.7. The second kappa shape index (κ2) is 5.86. The number of piperidine rings is 1. The van der Waals surface area contributed by atoms with Crippen LogP contribution in [0.1, 0.15) is 22.7 Å². The maximum atomic E-state index is 10.8. The molecule has 0 spiro atoms. The van der Waals surface area contributed by atoms with Crippen LogP contribution in [-0.4, -0.2) is 40.2 Å². The SMILES string of the molecule is Cc1nc(Cl)c(CNC2CCN(C(=O)O)CC2)s1. The van der Waals surface area contributed by atoms with Crippen LogP contribution >= 0.6 is 22.9 Å². The van der Waals surface area contributed by atoms with Gasteiger partial charge in [0, 0.05) is 25.7 Å². The van der Waals surface area contributed by atoms with Gasteiger partial charge in [-0.2, -0.15) is 0 Å². The number of aromatic nitrogens is 1. The third-order valence-electron chi connectivity index (χ3n) is 3.07. The molecule has 2 rings (SSSR count). The first kappa shape index (κ1) is 13.6. The molecule has 2 N–H and O–H groups in total. The minimum atomic E-state index is -0.824. The molecule has 1 fully saturated rings. The number of halogens is 1. The molecule has 0 bridgehead atoms. The number of likely N-dealkylation sites (tertiary alicyclic amines) is 1. The third kappa shape index (κ3) is 3.34. The largest absolute Gasteiger partial charge is 0.465 e. The molecule has 5 nitrogen and oxygen atoms in total. The smallest absolute Gasteiger partial charge is 0.407 e. The molecule has 0 aliphatic carbocycles. The van der Waals surface area contributed by atoms with Gasteiger partial charge in [0.1, 0.15) is 5.15 Å². The summed E-state index contributed by atoms with van der Waals surface area (Å²) in [7, 11) is 0. The van der Waals surface area contributed by atoms with Crippen molar-refractivity contribution >= 4 is 29.0 Å². The molecule has 1 aliphatic heterocycles. The number of nitrogens with one attached hydrogen (secondary N) is 1. The molecule has 0 radical (unpaired) electrons. The van der Waals surface area contributed by atoms with Crippen molar-refractivity contribution in [2.24, 2.45) is 0 Å². The number of rotatable bonds is 3. The van der Waals surface area contributed by atoms with Gasteiger partial charge >= 0.3 is 6.09 Å². The predicted molar refractivity (Wildman–Crippen MR) is 71.3 cm³/mol. The first-order valence-corrected chi connectivity index (χ1v) is 7.08.